The Labute approximate surface area is 107 Å². The van der Waals surface area contributed by atoms with Crippen LogP contribution < -0.4 is 10.6 Å². The molecule has 0 spiro atoms. The van der Waals surface area contributed by atoms with Crippen molar-refractivity contribution in [2.45, 2.75) is 25.9 Å². The van der Waals surface area contributed by atoms with E-state index in [-0.39, 0.29) is 6.10 Å². The number of ether oxygens (including phenoxy) is 1. The molecule has 2 rings (SSSR count). The van der Waals surface area contributed by atoms with Crippen molar-refractivity contribution in [3.8, 4) is 6.07 Å². The Kier molecular flexibility index (Phi) is 4.00. The monoisotopic (exact) mass is 246 g/mol. The minimum absolute atomic E-state index is 0.251. The molecule has 0 aromatic carbocycles. The second-order valence-electron chi connectivity index (χ2n) is 4.41. The van der Waals surface area contributed by atoms with Crippen LogP contribution in [0.2, 0.25) is 0 Å². The lowest BCUT2D eigenvalue weighted by Gasteiger charge is -2.33. The zero-order valence-corrected chi connectivity index (χ0v) is 10.6. The van der Waals surface area contributed by atoms with Crippen molar-refractivity contribution in [3.63, 3.8) is 0 Å². The third-order valence-electron chi connectivity index (χ3n) is 3.10. The van der Waals surface area contributed by atoms with E-state index in [1.54, 1.807) is 12.3 Å². The molecule has 5 heteroatoms. The molecule has 2 N–H and O–H groups in total. The number of hydrogen-bond donors (Lipinski definition) is 1. The fraction of sp³-hybridized carbons (Fsp3) is 0.538. The number of nitrogens with two attached hydrogens (primary N) is 1. The number of hydrogen-bond acceptors (Lipinski definition) is 5. The van der Waals surface area contributed by atoms with Gasteiger partial charge in [0, 0.05) is 25.9 Å². The van der Waals surface area contributed by atoms with Crippen LogP contribution >= 0.6 is 0 Å². The topological polar surface area (TPSA) is 75.2 Å². The zero-order valence-electron chi connectivity index (χ0n) is 10.6. The van der Waals surface area contributed by atoms with Crippen molar-refractivity contribution < 1.29 is 4.74 Å². The third kappa shape index (κ3) is 2.71. The molecule has 2 heterocycles. The summed E-state index contributed by atoms with van der Waals surface area (Å²) in [7, 11) is 0. The number of anilines is 2. The van der Waals surface area contributed by atoms with E-state index in [4.69, 9.17) is 15.7 Å². The summed E-state index contributed by atoms with van der Waals surface area (Å²) in [4.78, 5) is 6.43. The summed E-state index contributed by atoms with van der Waals surface area (Å²) in [6.07, 6.45) is 3.98. The summed E-state index contributed by atoms with van der Waals surface area (Å²) in [6, 6.07) is 3.71. The molecule has 1 fully saturated rings. The molecule has 1 aromatic rings. The Balaban J connectivity index is 2.13. The number of nitrogens with zero attached hydrogens (tertiary/aromatic N) is 3. The maximum absolute atomic E-state index is 8.80. The molecule has 0 aliphatic carbocycles. The van der Waals surface area contributed by atoms with Crippen LogP contribution in [-0.4, -0.2) is 30.8 Å². The van der Waals surface area contributed by atoms with E-state index in [0.717, 1.165) is 38.4 Å². The van der Waals surface area contributed by atoms with E-state index in [2.05, 4.69) is 9.88 Å². The summed E-state index contributed by atoms with van der Waals surface area (Å²) in [5, 5.41) is 8.80. The number of nitriles is 1. The van der Waals surface area contributed by atoms with Gasteiger partial charge in [0.25, 0.3) is 0 Å². The van der Waals surface area contributed by atoms with Crippen LogP contribution in [0.5, 0.6) is 0 Å². The second kappa shape index (κ2) is 5.69. The second-order valence-corrected chi connectivity index (χ2v) is 4.41. The van der Waals surface area contributed by atoms with E-state index in [9.17, 15) is 0 Å². The predicted molar refractivity (Wildman–Crippen MR) is 70.2 cm³/mol. The van der Waals surface area contributed by atoms with Gasteiger partial charge in [-0.05, 0) is 25.8 Å². The lowest BCUT2D eigenvalue weighted by Crippen LogP contribution is -2.40. The van der Waals surface area contributed by atoms with Gasteiger partial charge in [-0.25, -0.2) is 4.98 Å². The molecule has 0 amide bonds. The van der Waals surface area contributed by atoms with E-state index in [1.807, 2.05) is 13.0 Å². The van der Waals surface area contributed by atoms with Gasteiger partial charge in [0.05, 0.1) is 17.4 Å². The van der Waals surface area contributed by atoms with Gasteiger partial charge in [0.1, 0.15) is 6.07 Å². The molecular weight excluding hydrogens is 228 g/mol. The number of aromatic nitrogens is 1. The summed E-state index contributed by atoms with van der Waals surface area (Å²) < 4.78 is 5.66. The van der Waals surface area contributed by atoms with Crippen LogP contribution in [0.25, 0.3) is 0 Å². The van der Waals surface area contributed by atoms with E-state index < -0.39 is 0 Å². The highest BCUT2D eigenvalue weighted by atomic mass is 16.5. The van der Waals surface area contributed by atoms with Gasteiger partial charge in [0.15, 0.2) is 5.82 Å². The summed E-state index contributed by atoms with van der Waals surface area (Å²) in [5.74, 6) is 0.762. The summed E-state index contributed by atoms with van der Waals surface area (Å²) in [5.41, 5.74) is 7.01. The maximum Gasteiger partial charge on any atom is 0.151 e. The molecule has 1 aliphatic rings. The lowest BCUT2D eigenvalue weighted by molar-refractivity contribution is 0.0525. The van der Waals surface area contributed by atoms with Gasteiger partial charge in [-0.1, -0.05) is 0 Å². The van der Waals surface area contributed by atoms with Crippen molar-refractivity contribution in [2.24, 2.45) is 0 Å². The Morgan fingerprint density at radius 1 is 1.67 bits per heavy atom. The van der Waals surface area contributed by atoms with Crippen molar-refractivity contribution >= 4 is 11.5 Å². The first-order chi connectivity index (χ1) is 8.74. The largest absolute Gasteiger partial charge is 0.396 e. The lowest BCUT2D eigenvalue weighted by atomic mass is 10.1. The summed E-state index contributed by atoms with van der Waals surface area (Å²) >= 11 is 0. The first kappa shape index (κ1) is 12.7. The standard InChI is InChI=1S/C13H18N4O/c1-2-18-11-4-3-5-17(9-11)13-12(15)6-10(7-14)8-16-13/h6,8,11H,2-5,9,15H2,1H3. The van der Waals surface area contributed by atoms with Crippen LogP contribution in [0, 0.1) is 11.3 Å². The Morgan fingerprint density at radius 2 is 2.50 bits per heavy atom. The van der Waals surface area contributed by atoms with Gasteiger partial charge in [-0.3, -0.25) is 0 Å². The molecule has 1 atom stereocenters. The highest BCUT2D eigenvalue weighted by Crippen LogP contribution is 2.25. The quantitative estimate of drug-likeness (QED) is 0.875. The third-order valence-corrected chi connectivity index (χ3v) is 3.10. The first-order valence-electron chi connectivity index (χ1n) is 6.26. The van der Waals surface area contributed by atoms with Gasteiger partial charge >= 0.3 is 0 Å². The molecular formula is C13H18N4O. The Hall–Kier alpha value is -1.80. The van der Waals surface area contributed by atoms with Crippen LogP contribution in [0.1, 0.15) is 25.3 Å². The first-order valence-corrected chi connectivity index (χ1v) is 6.26. The zero-order chi connectivity index (χ0) is 13.0. The molecule has 0 radical (unpaired) electrons. The smallest absolute Gasteiger partial charge is 0.151 e. The minimum atomic E-state index is 0.251. The van der Waals surface area contributed by atoms with Crippen LogP contribution in [-0.2, 0) is 4.74 Å². The fourth-order valence-corrected chi connectivity index (χ4v) is 2.30. The van der Waals surface area contributed by atoms with E-state index >= 15 is 0 Å². The van der Waals surface area contributed by atoms with Crippen LogP contribution in [0.3, 0.4) is 0 Å². The average Bonchev–Trinajstić information content (AvgIpc) is 2.39. The van der Waals surface area contributed by atoms with Crippen LogP contribution in [0.4, 0.5) is 11.5 Å². The van der Waals surface area contributed by atoms with Gasteiger partial charge in [-0.15, -0.1) is 0 Å². The number of rotatable bonds is 3. The van der Waals surface area contributed by atoms with E-state index in [1.165, 1.54) is 0 Å². The minimum Gasteiger partial charge on any atom is -0.396 e. The maximum atomic E-state index is 8.80. The molecule has 0 bridgehead atoms. The highest BCUT2D eigenvalue weighted by Gasteiger charge is 2.22. The molecule has 1 unspecified atom stereocenters. The fourth-order valence-electron chi connectivity index (χ4n) is 2.30. The summed E-state index contributed by atoms with van der Waals surface area (Å²) in [6.45, 7) is 4.49. The van der Waals surface area contributed by atoms with Gasteiger partial charge in [-0.2, -0.15) is 5.26 Å². The molecule has 18 heavy (non-hydrogen) atoms. The molecule has 1 aromatic heterocycles. The SMILES string of the molecule is CCOC1CCCN(c2ncc(C#N)cc2N)C1. The van der Waals surface area contributed by atoms with Gasteiger partial charge in [0.2, 0.25) is 0 Å². The average molecular weight is 246 g/mol. The van der Waals surface area contributed by atoms with Gasteiger partial charge < -0.3 is 15.4 Å². The Morgan fingerprint density at radius 3 is 3.17 bits per heavy atom. The number of nitrogen functional groups attached to an aromatic ring is 1. The molecule has 5 nitrogen and oxygen atoms in total. The molecule has 96 valence electrons. The van der Waals surface area contributed by atoms with Crippen molar-refractivity contribution in [1.29, 1.82) is 5.26 Å². The number of pyridine rings is 1. The van der Waals surface area contributed by atoms with Crippen LogP contribution in [0.15, 0.2) is 12.3 Å². The molecule has 1 aliphatic heterocycles. The van der Waals surface area contributed by atoms with Crippen molar-refractivity contribution in [2.75, 3.05) is 30.3 Å². The molecule has 1 saturated heterocycles. The van der Waals surface area contributed by atoms with E-state index in [0.29, 0.717) is 11.3 Å². The van der Waals surface area contributed by atoms with Crippen molar-refractivity contribution in [3.05, 3.63) is 17.8 Å². The predicted octanol–water partition coefficient (Wildman–Crippen LogP) is 1.54. The molecule has 0 saturated carbocycles. The Bertz CT molecular complexity index is 453. The van der Waals surface area contributed by atoms with Crippen molar-refractivity contribution in [1.82, 2.24) is 4.98 Å². The highest BCUT2D eigenvalue weighted by molar-refractivity contribution is 5.64. The number of piperidine rings is 1. The normalized spacial score (nSPS) is 19.6.